The molecule has 0 N–H and O–H groups in total. The SMILES string of the molecule is Cc1cc(C)cc(N(CCC#N)C(=O)CSc2ccc(Cl)cn2)c1. The predicted octanol–water partition coefficient (Wildman–Crippen LogP) is 4.39. The molecule has 0 radical (unpaired) electrons. The Kier molecular flexibility index (Phi) is 6.65. The van der Waals surface area contributed by atoms with Crippen LogP contribution in [0, 0.1) is 25.2 Å². The summed E-state index contributed by atoms with van der Waals surface area (Å²) in [5.41, 5.74) is 3.01. The van der Waals surface area contributed by atoms with Gasteiger partial charge in [0.05, 0.1) is 28.3 Å². The molecule has 124 valence electrons. The molecule has 0 unspecified atom stereocenters. The summed E-state index contributed by atoms with van der Waals surface area (Å²) in [7, 11) is 0. The van der Waals surface area contributed by atoms with Gasteiger partial charge in [-0.2, -0.15) is 5.26 Å². The summed E-state index contributed by atoms with van der Waals surface area (Å²) in [4.78, 5) is 18.5. The van der Waals surface area contributed by atoms with Crippen molar-refractivity contribution in [3.05, 3.63) is 52.7 Å². The summed E-state index contributed by atoms with van der Waals surface area (Å²) in [5, 5.41) is 10.2. The lowest BCUT2D eigenvalue weighted by molar-refractivity contribution is -0.116. The van der Waals surface area contributed by atoms with Crippen molar-refractivity contribution in [2.45, 2.75) is 25.3 Å². The molecule has 0 aliphatic rings. The highest BCUT2D eigenvalue weighted by atomic mass is 35.5. The van der Waals surface area contributed by atoms with Crippen molar-refractivity contribution < 1.29 is 4.79 Å². The molecule has 6 heteroatoms. The number of pyridine rings is 1. The zero-order chi connectivity index (χ0) is 17.5. The molecule has 0 saturated carbocycles. The first-order chi connectivity index (χ1) is 11.5. The summed E-state index contributed by atoms with van der Waals surface area (Å²) in [5.74, 6) is 0.213. The third kappa shape index (κ3) is 5.26. The Balaban J connectivity index is 2.12. The summed E-state index contributed by atoms with van der Waals surface area (Å²) in [6.45, 7) is 4.37. The average Bonchev–Trinajstić information content (AvgIpc) is 2.54. The molecule has 0 spiro atoms. The number of aryl methyl sites for hydroxylation is 2. The van der Waals surface area contributed by atoms with Crippen molar-refractivity contribution >= 4 is 35.0 Å². The van der Waals surface area contributed by atoms with Gasteiger partial charge in [-0.1, -0.05) is 29.4 Å². The monoisotopic (exact) mass is 359 g/mol. The second-order valence-corrected chi connectivity index (χ2v) is 6.83. The van der Waals surface area contributed by atoms with Gasteiger partial charge in [-0.25, -0.2) is 4.98 Å². The number of hydrogen-bond acceptors (Lipinski definition) is 4. The van der Waals surface area contributed by atoms with E-state index in [0.717, 1.165) is 21.8 Å². The fourth-order valence-electron chi connectivity index (χ4n) is 2.33. The van der Waals surface area contributed by atoms with Gasteiger partial charge in [0.1, 0.15) is 0 Å². The Hall–Kier alpha value is -2.03. The van der Waals surface area contributed by atoms with Gasteiger partial charge in [0.2, 0.25) is 5.91 Å². The number of hydrogen-bond donors (Lipinski definition) is 0. The minimum absolute atomic E-state index is 0.0444. The van der Waals surface area contributed by atoms with Gasteiger partial charge in [-0.15, -0.1) is 0 Å². The molecule has 0 atom stereocenters. The number of rotatable bonds is 6. The summed E-state index contributed by atoms with van der Waals surface area (Å²) < 4.78 is 0. The lowest BCUT2D eigenvalue weighted by Gasteiger charge is -2.22. The van der Waals surface area contributed by atoms with Gasteiger partial charge in [0.15, 0.2) is 0 Å². The number of halogens is 1. The molecule has 1 aromatic carbocycles. The second-order valence-electron chi connectivity index (χ2n) is 5.40. The van der Waals surface area contributed by atoms with Crippen LogP contribution in [0.3, 0.4) is 0 Å². The van der Waals surface area contributed by atoms with E-state index in [4.69, 9.17) is 16.9 Å². The molecule has 1 aromatic heterocycles. The van der Waals surface area contributed by atoms with Crippen LogP contribution in [0.5, 0.6) is 0 Å². The molecule has 0 bridgehead atoms. The van der Waals surface area contributed by atoms with Crippen molar-refractivity contribution in [2.24, 2.45) is 0 Å². The number of nitrogens with zero attached hydrogens (tertiary/aromatic N) is 3. The minimum Gasteiger partial charge on any atom is -0.311 e. The maximum Gasteiger partial charge on any atom is 0.237 e. The molecule has 1 amide bonds. The Morgan fingerprint density at radius 3 is 2.58 bits per heavy atom. The Morgan fingerprint density at radius 1 is 1.29 bits per heavy atom. The molecule has 2 rings (SSSR count). The zero-order valence-corrected chi connectivity index (χ0v) is 15.2. The molecule has 0 aliphatic heterocycles. The number of thioether (sulfide) groups is 1. The Bertz CT molecular complexity index is 736. The predicted molar refractivity (Wildman–Crippen MR) is 98.5 cm³/mol. The third-order valence-electron chi connectivity index (χ3n) is 3.31. The molecular formula is C18H18ClN3OS. The fourth-order valence-corrected chi connectivity index (χ4v) is 3.16. The Morgan fingerprint density at radius 2 is 2.00 bits per heavy atom. The number of carbonyl (C=O) groups is 1. The Labute approximate surface area is 151 Å². The number of amides is 1. The van der Waals surface area contributed by atoms with E-state index in [1.165, 1.54) is 11.8 Å². The van der Waals surface area contributed by atoms with E-state index in [1.807, 2.05) is 26.0 Å². The number of nitriles is 1. The first-order valence-electron chi connectivity index (χ1n) is 7.49. The van der Waals surface area contributed by atoms with Gasteiger partial charge in [0, 0.05) is 18.4 Å². The molecule has 24 heavy (non-hydrogen) atoms. The van der Waals surface area contributed by atoms with Crippen LogP contribution in [-0.4, -0.2) is 23.2 Å². The number of anilines is 1. The summed E-state index contributed by atoms with van der Waals surface area (Å²) in [6.07, 6.45) is 1.86. The molecule has 0 aliphatic carbocycles. The lowest BCUT2D eigenvalue weighted by atomic mass is 10.1. The zero-order valence-electron chi connectivity index (χ0n) is 13.6. The second kappa shape index (κ2) is 8.72. The van der Waals surface area contributed by atoms with E-state index in [-0.39, 0.29) is 11.7 Å². The van der Waals surface area contributed by atoms with Crippen molar-refractivity contribution in [1.29, 1.82) is 5.26 Å². The average molecular weight is 360 g/mol. The minimum atomic E-state index is -0.0444. The van der Waals surface area contributed by atoms with E-state index in [1.54, 1.807) is 23.2 Å². The topological polar surface area (TPSA) is 57.0 Å². The molecule has 4 nitrogen and oxygen atoms in total. The van der Waals surface area contributed by atoms with Crippen LogP contribution < -0.4 is 4.90 Å². The van der Waals surface area contributed by atoms with E-state index >= 15 is 0 Å². The highest BCUT2D eigenvalue weighted by Crippen LogP contribution is 2.22. The normalized spacial score (nSPS) is 10.2. The van der Waals surface area contributed by atoms with Crippen LogP contribution in [0.1, 0.15) is 17.5 Å². The van der Waals surface area contributed by atoms with Crippen LogP contribution in [0.4, 0.5) is 5.69 Å². The molecule has 0 fully saturated rings. The standard InChI is InChI=1S/C18H18ClN3OS/c1-13-8-14(2)10-16(9-13)22(7-3-6-20)18(23)12-24-17-5-4-15(19)11-21-17/h4-5,8-11H,3,7,12H2,1-2H3. The van der Waals surface area contributed by atoms with Crippen LogP contribution in [-0.2, 0) is 4.79 Å². The highest BCUT2D eigenvalue weighted by molar-refractivity contribution is 7.99. The molecular weight excluding hydrogens is 342 g/mol. The summed E-state index contributed by atoms with van der Waals surface area (Å²) in [6, 6.07) is 11.6. The van der Waals surface area contributed by atoms with Crippen LogP contribution in [0.2, 0.25) is 5.02 Å². The number of carbonyl (C=O) groups excluding carboxylic acids is 1. The lowest BCUT2D eigenvalue weighted by Crippen LogP contribution is -2.33. The quantitative estimate of drug-likeness (QED) is 0.717. The van der Waals surface area contributed by atoms with Crippen LogP contribution in [0.25, 0.3) is 0 Å². The first kappa shape index (κ1) is 18.3. The van der Waals surface area contributed by atoms with Crippen molar-refractivity contribution in [1.82, 2.24) is 4.98 Å². The fraction of sp³-hybridized carbons (Fsp3) is 0.278. The van der Waals surface area contributed by atoms with E-state index < -0.39 is 0 Å². The molecule has 1 heterocycles. The third-order valence-corrected chi connectivity index (χ3v) is 4.46. The van der Waals surface area contributed by atoms with Crippen molar-refractivity contribution in [3.8, 4) is 6.07 Å². The van der Waals surface area contributed by atoms with E-state index in [0.29, 0.717) is 18.0 Å². The summed E-state index contributed by atoms with van der Waals surface area (Å²) >= 11 is 7.17. The van der Waals surface area contributed by atoms with Gasteiger partial charge in [0.25, 0.3) is 0 Å². The molecule has 0 saturated heterocycles. The maximum absolute atomic E-state index is 12.7. The van der Waals surface area contributed by atoms with Crippen molar-refractivity contribution in [2.75, 3.05) is 17.2 Å². The largest absolute Gasteiger partial charge is 0.311 e. The smallest absolute Gasteiger partial charge is 0.237 e. The van der Waals surface area contributed by atoms with E-state index in [9.17, 15) is 4.79 Å². The van der Waals surface area contributed by atoms with Crippen LogP contribution in [0.15, 0.2) is 41.6 Å². The number of benzene rings is 1. The highest BCUT2D eigenvalue weighted by Gasteiger charge is 2.16. The molecule has 2 aromatic rings. The maximum atomic E-state index is 12.7. The first-order valence-corrected chi connectivity index (χ1v) is 8.86. The van der Waals surface area contributed by atoms with Gasteiger partial charge < -0.3 is 4.90 Å². The van der Waals surface area contributed by atoms with E-state index in [2.05, 4.69) is 17.1 Å². The van der Waals surface area contributed by atoms with Gasteiger partial charge >= 0.3 is 0 Å². The van der Waals surface area contributed by atoms with Crippen LogP contribution >= 0.6 is 23.4 Å². The number of aromatic nitrogens is 1. The van der Waals surface area contributed by atoms with Gasteiger partial charge in [-0.3, -0.25) is 4.79 Å². The van der Waals surface area contributed by atoms with Crippen molar-refractivity contribution in [3.63, 3.8) is 0 Å². The van der Waals surface area contributed by atoms with Gasteiger partial charge in [-0.05, 0) is 49.2 Å².